The molecule has 3 heterocycles. The average molecular weight is 327 g/mol. The molecule has 2 aliphatic heterocycles. The van der Waals surface area contributed by atoms with Crippen molar-refractivity contribution in [1.82, 2.24) is 15.2 Å². The summed E-state index contributed by atoms with van der Waals surface area (Å²) in [5.74, 6) is 0.0507. The Morgan fingerprint density at radius 3 is 2.61 bits per heavy atom. The summed E-state index contributed by atoms with van der Waals surface area (Å²) in [6.07, 6.45) is 4.62. The van der Waals surface area contributed by atoms with E-state index in [1.54, 1.807) is 0 Å². The molecule has 0 radical (unpaired) electrons. The Labute approximate surface area is 140 Å². The van der Waals surface area contributed by atoms with Gasteiger partial charge in [-0.15, -0.1) is 11.3 Å². The minimum absolute atomic E-state index is 0.0507. The minimum atomic E-state index is 0.0507. The van der Waals surface area contributed by atoms with Gasteiger partial charge in [0.25, 0.3) is 5.91 Å². The number of aromatic nitrogens is 1. The van der Waals surface area contributed by atoms with Crippen molar-refractivity contribution in [1.29, 1.82) is 0 Å². The molecule has 0 spiro atoms. The van der Waals surface area contributed by atoms with Crippen LogP contribution in [0.2, 0.25) is 0 Å². The van der Waals surface area contributed by atoms with E-state index in [0.29, 0.717) is 23.8 Å². The fraction of sp³-hybridized carbons (Fsp3) is 0.444. The molecule has 4 nitrogen and oxygen atoms in total. The van der Waals surface area contributed by atoms with Crippen molar-refractivity contribution in [2.24, 2.45) is 0 Å². The van der Waals surface area contributed by atoms with Crippen LogP contribution >= 0.6 is 11.3 Å². The number of carbonyl (C=O) groups excluding carboxylic acids is 1. The molecule has 2 aliphatic rings. The lowest BCUT2D eigenvalue weighted by Crippen LogP contribution is -2.48. The minimum Gasteiger partial charge on any atom is -0.337 e. The van der Waals surface area contributed by atoms with Gasteiger partial charge in [0, 0.05) is 36.1 Å². The number of hydrogen-bond acceptors (Lipinski definition) is 4. The molecule has 2 atom stereocenters. The number of amides is 1. The Morgan fingerprint density at radius 2 is 1.91 bits per heavy atom. The van der Waals surface area contributed by atoms with E-state index in [1.165, 1.54) is 24.2 Å². The molecule has 1 N–H and O–H groups in total. The predicted molar refractivity (Wildman–Crippen MR) is 92.6 cm³/mol. The maximum absolute atomic E-state index is 12.8. The third kappa shape index (κ3) is 2.91. The Kier molecular flexibility index (Phi) is 3.91. The van der Waals surface area contributed by atoms with Crippen LogP contribution in [0.5, 0.6) is 0 Å². The monoisotopic (exact) mass is 327 g/mol. The van der Waals surface area contributed by atoms with Crippen molar-refractivity contribution in [3.05, 3.63) is 41.4 Å². The van der Waals surface area contributed by atoms with Crippen molar-refractivity contribution in [3.8, 4) is 10.6 Å². The summed E-state index contributed by atoms with van der Waals surface area (Å²) in [5.41, 5.74) is 1.64. The summed E-state index contributed by atoms with van der Waals surface area (Å²) in [7, 11) is 1.93. The summed E-state index contributed by atoms with van der Waals surface area (Å²) in [6, 6.07) is 11.5. The van der Waals surface area contributed by atoms with Crippen molar-refractivity contribution < 1.29 is 4.79 Å². The van der Waals surface area contributed by atoms with Gasteiger partial charge in [0.05, 0.1) is 0 Å². The molecule has 2 aromatic rings. The number of carbonyl (C=O) groups is 1. The highest BCUT2D eigenvalue weighted by Gasteiger charge is 2.36. The summed E-state index contributed by atoms with van der Waals surface area (Å²) in [6.45, 7) is 0. The van der Waals surface area contributed by atoms with E-state index >= 15 is 0 Å². The molecule has 1 aromatic heterocycles. The second-order valence-electron chi connectivity index (χ2n) is 6.58. The number of fused-ring (bicyclic) bond motifs is 2. The summed E-state index contributed by atoms with van der Waals surface area (Å²) in [4.78, 5) is 19.2. The van der Waals surface area contributed by atoms with Crippen molar-refractivity contribution in [2.75, 3.05) is 7.05 Å². The first-order valence-electron chi connectivity index (χ1n) is 8.25. The molecule has 120 valence electrons. The molecule has 2 saturated heterocycles. The predicted octanol–water partition coefficient (Wildman–Crippen LogP) is 3.17. The molecule has 0 aliphatic carbocycles. The third-order valence-corrected chi connectivity index (χ3v) is 5.95. The van der Waals surface area contributed by atoms with Gasteiger partial charge in [0.2, 0.25) is 0 Å². The zero-order valence-electron chi connectivity index (χ0n) is 13.2. The first-order chi connectivity index (χ1) is 11.2. The number of rotatable bonds is 3. The third-order valence-electron chi connectivity index (χ3n) is 5.06. The van der Waals surface area contributed by atoms with Crippen LogP contribution in [0, 0.1) is 0 Å². The molecule has 2 bridgehead atoms. The lowest BCUT2D eigenvalue weighted by Gasteiger charge is -2.35. The molecule has 23 heavy (non-hydrogen) atoms. The SMILES string of the molecule is CN(C(=O)c1csc(-c2ccccc2)n1)C1CC2CCC(C1)N2. The lowest BCUT2D eigenvalue weighted by atomic mass is 9.98. The Bertz CT molecular complexity index is 687. The van der Waals surface area contributed by atoms with Crippen LogP contribution in [0.15, 0.2) is 35.7 Å². The molecule has 4 rings (SSSR count). The van der Waals surface area contributed by atoms with E-state index in [-0.39, 0.29) is 5.91 Å². The van der Waals surface area contributed by atoms with Crippen LogP contribution in [-0.2, 0) is 0 Å². The molecule has 1 amide bonds. The highest BCUT2D eigenvalue weighted by atomic mass is 32.1. The molecule has 0 saturated carbocycles. The van der Waals surface area contributed by atoms with E-state index in [2.05, 4.69) is 10.3 Å². The van der Waals surface area contributed by atoms with Gasteiger partial charge < -0.3 is 10.2 Å². The molecule has 5 heteroatoms. The van der Waals surface area contributed by atoms with E-state index in [4.69, 9.17) is 0 Å². The molecular formula is C18H21N3OS. The smallest absolute Gasteiger partial charge is 0.273 e. The molecular weight excluding hydrogens is 306 g/mol. The quantitative estimate of drug-likeness (QED) is 0.942. The van der Waals surface area contributed by atoms with Crippen LogP contribution in [-0.4, -0.2) is 41.0 Å². The van der Waals surface area contributed by atoms with Gasteiger partial charge in [-0.25, -0.2) is 4.98 Å². The zero-order chi connectivity index (χ0) is 15.8. The zero-order valence-corrected chi connectivity index (χ0v) is 14.1. The Morgan fingerprint density at radius 1 is 1.22 bits per heavy atom. The number of thiazole rings is 1. The van der Waals surface area contributed by atoms with Gasteiger partial charge in [-0.3, -0.25) is 4.79 Å². The summed E-state index contributed by atoms with van der Waals surface area (Å²) >= 11 is 1.54. The maximum Gasteiger partial charge on any atom is 0.273 e. The van der Waals surface area contributed by atoms with Crippen molar-refractivity contribution in [3.63, 3.8) is 0 Å². The normalized spacial score (nSPS) is 26.2. The van der Waals surface area contributed by atoms with Crippen molar-refractivity contribution >= 4 is 17.2 Å². The van der Waals surface area contributed by atoms with Crippen LogP contribution in [0.4, 0.5) is 0 Å². The Balaban J connectivity index is 1.49. The van der Waals surface area contributed by atoms with Gasteiger partial charge in [0.1, 0.15) is 10.7 Å². The second-order valence-corrected chi connectivity index (χ2v) is 7.44. The van der Waals surface area contributed by atoms with Crippen LogP contribution in [0.25, 0.3) is 10.6 Å². The number of nitrogens with zero attached hydrogens (tertiary/aromatic N) is 2. The molecule has 2 fully saturated rings. The Hall–Kier alpha value is -1.72. The van der Waals surface area contributed by atoms with Crippen LogP contribution in [0.1, 0.15) is 36.2 Å². The number of hydrogen-bond donors (Lipinski definition) is 1. The van der Waals surface area contributed by atoms with Crippen LogP contribution < -0.4 is 5.32 Å². The van der Waals surface area contributed by atoms with E-state index < -0.39 is 0 Å². The number of benzene rings is 1. The number of piperidine rings is 1. The topological polar surface area (TPSA) is 45.2 Å². The standard InChI is InChI=1S/C18H21N3OS/c1-21(15-9-13-7-8-14(10-15)19-13)18(22)16-11-23-17(20-16)12-5-3-2-4-6-12/h2-6,11,13-15,19H,7-10H2,1H3. The average Bonchev–Trinajstić information content (AvgIpc) is 3.21. The summed E-state index contributed by atoms with van der Waals surface area (Å²) < 4.78 is 0. The molecule has 2 unspecified atom stereocenters. The van der Waals surface area contributed by atoms with Gasteiger partial charge in [0.15, 0.2) is 0 Å². The maximum atomic E-state index is 12.8. The fourth-order valence-electron chi connectivity index (χ4n) is 3.78. The number of nitrogens with one attached hydrogen (secondary N) is 1. The van der Waals surface area contributed by atoms with E-state index in [1.807, 2.05) is 47.7 Å². The second kappa shape index (κ2) is 6.06. The van der Waals surface area contributed by atoms with Crippen molar-refractivity contribution in [2.45, 2.75) is 43.8 Å². The molecule has 1 aromatic carbocycles. The van der Waals surface area contributed by atoms with E-state index in [0.717, 1.165) is 23.4 Å². The lowest BCUT2D eigenvalue weighted by molar-refractivity contribution is 0.0676. The summed E-state index contributed by atoms with van der Waals surface area (Å²) in [5, 5.41) is 6.42. The largest absolute Gasteiger partial charge is 0.337 e. The fourth-order valence-corrected chi connectivity index (χ4v) is 4.58. The van der Waals surface area contributed by atoms with Gasteiger partial charge in [-0.1, -0.05) is 30.3 Å². The van der Waals surface area contributed by atoms with E-state index in [9.17, 15) is 4.79 Å². The highest BCUT2D eigenvalue weighted by molar-refractivity contribution is 7.13. The van der Waals surface area contributed by atoms with Crippen LogP contribution in [0.3, 0.4) is 0 Å². The highest BCUT2D eigenvalue weighted by Crippen LogP contribution is 2.30. The first-order valence-corrected chi connectivity index (χ1v) is 9.13. The van der Waals surface area contributed by atoms with Gasteiger partial charge in [-0.05, 0) is 25.7 Å². The van der Waals surface area contributed by atoms with Gasteiger partial charge >= 0.3 is 0 Å². The first kappa shape index (κ1) is 14.8. The van der Waals surface area contributed by atoms with Gasteiger partial charge in [-0.2, -0.15) is 0 Å².